The van der Waals surface area contributed by atoms with Gasteiger partial charge in [-0.3, -0.25) is 4.40 Å². The van der Waals surface area contributed by atoms with E-state index in [1.54, 1.807) is 6.20 Å². The van der Waals surface area contributed by atoms with Crippen LogP contribution in [0, 0.1) is 0 Å². The predicted molar refractivity (Wildman–Crippen MR) is 115 cm³/mol. The summed E-state index contributed by atoms with van der Waals surface area (Å²) in [5, 5.41) is 12.9. The van der Waals surface area contributed by atoms with E-state index in [0.29, 0.717) is 35.6 Å². The van der Waals surface area contributed by atoms with Crippen LogP contribution in [0.5, 0.6) is 11.5 Å². The number of hydrogen-bond acceptors (Lipinski definition) is 6. The third-order valence-electron chi connectivity index (χ3n) is 5.42. The van der Waals surface area contributed by atoms with Gasteiger partial charge in [-0.25, -0.2) is 14.4 Å². The summed E-state index contributed by atoms with van der Waals surface area (Å²) in [6.45, 7) is 1.23. The molecule has 1 saturated heterocycles. The Kier molecular flexibility index (Phi) is 5.40. The summed E-state index contributed by atoms with van der Waals surface area (Å²) in [4.78, 5) is 9.30. The molecule has 0 aliphatic carbocycles. The van der Waals surface area contributed by atoms with Crippen molar-refractivity contribution in [2.45, 2.75) is 18.7 Å². The fraction of sp³-hybridized carbons (Fsp3) is 0.304. The van der Waals surface area contributed by atoms with Crippen molar-refractivity contribution in [1.29, 1.82) is 0 Å². The van der Waals surface area contributed by atoms with Crippen molar-refractivity contribution in [2.24, 2.45) is 0 Å². The summed E-state index contributed by atoms with van der Waals surface area (Å²) in [7, 11) is 0. The van der Waals surface area contributed by atoms with Crippen LogP contribution in [-0.4, -0.2) is 58.1 Å². The number of piperidine rings is 1. The first-order valence-electron chi connectivity index (χ1n) is 10.4. The SMILES string of the molecule is OCCOc1ccn2c(-c3ccc4cccc(O[C@H]5CCNC[C@@H]5F)c4n3)cnc2c1. The number of nitrogens with one attached hydrogen (secondary N) is 1. The molecule has 3 aromatic heterocycles. The number of nitrogens with zero attached hydrogens (tertiary/aromatic N) is 3. The maximum absolute atomic E-state index is 14.3. The Morgan fingerprint density at radius 2 is 2.16 bits per heavy atom. The van der Waals surface area contributed by atoms with Gasteiger partial charge < -0.3 is 19.9 Å². The van der Waals surface area contributed by atoms with Crippen LogP contribution in [0.3, 0.4) is 0 Å². The number of alkyl halides is 1. The first-order chi connectivity index (χ1) is 15.2. The molecular formula is C23H23FN4O3. The molecule has 2 atom stereocenters. The largest absolute Gasteiger partial charge is 0.491 e. The molecule has 0 unspecified atom stereocenters. The minimum Gasteiger partial charge on any atom is -0.491 e. The third kappa shape index (κ3) is 3.92. The number of rotatable bonds is 6. The number of aromatic nitrogens is 3. The lowest BCUT2D eigenvalue weighted by molar-refractivity contribution is 0.0743. The van der Waals surface area contributed by atoms with Gasteiger partial charge in [-0.1, -0.05) is 18.2 Å². The number of ether oxygens (including phenoxy) is 2. The maximum Gasteiger partial charge on any atom is 0.149 e. The fourth-order valence-electron chi connectivity index (χ4n) is 3.85. The minimum atomic E-state index is -1.05. The molecule has 1 aliphatic heterocycles. The van der Waals surface area contributed by atoms with Gasteiger partial charge in [0.15, 0.2) is 0 Å². The Morgan fingerprint density at radius 3 is 3.03 bits per heavy atom. The van der Waals surface area contributed by atoms with Crippen molar-refractivity contribution < 1.29 is 19.0 Å². The third-order valence-corrected chi connectivity index (χ3v) is 5.42. The Bertz CT molecular complexity index is 1210. The summed E-state index contributed by atoms with van der Waals surface area (Å²) in [6.07, 6.45) is 2.71. The predicted octanol–water partition coefficient (Wildman–Crippen LogP) is 3.00. The summed E-state index contributed by atoms with van der Waals surface area (Å²) >= 11 is 0. The van der Waals surface area contributed by atoms with Crippen molar-refractivity contribution in [3.63, 3.8) is 0 Å². The van der Waals surface area contributed by atoms with E-state index in [1.807, 2.05) is 53.1 Å². The van der Waals surface area contributed by atoms with Gasteiger partial charge in [0.25, 0.3) is 0 Å². The highest BCUT2D eigenvalue weighted by molar-refractivity contribution is 5.86. The highest BCUT2D eigenvalue weighted by atomic mass is 19.1. The molecule has 31 heavy (non-hydrogen) atoms. The lowest BCUT2D eigenvalue weighted by atomic mass is 10.1. The molecular weight excluding hydrogens is 399 g/mol. The number of halogens is 1. The monoisotopic (exact) mass is 422 g/mol. The molecule has 1 fully saturated rings. The molecule has 1 aliphatic rings. The lowest BCUT2D eigenvalue weighted by Gasteiger charge is -2.27. The molecule has 160 valence electrons. The van der Waals surface area contributed by atoms with Crippen molar-refractivity contribution >= 4 is 16.6 Å². The number of imidazole rings is 1. The molecule has 0 bridgehead atoms. The van der Waals surface area contributed by atoms with Crippen molar-refractivity contribution in [2.75, 3.05) is 26.3 Å². The molecule has 0 radical (unpaired) electrons. The van der Waals surface area contributed by atoms with Gasteiger partial charge in [0.05, 0.1) is 24.2 Å². The summed E-state index contributed by atoms with van der Waals surface area (Å²) in [5.74, 6) is 1.23. The zero-order chi connectivity index (χ0) is 21.2. The first-order valence-corrected chi connectivity index (χ1v) is 10.4. The second-order valence-corrected chi connectivity index (χ2v) is 7.50. The van der Waals surface area contributed by atoms with Crippen LogP contribution in [0.2, 0.25) is 0 Å². The molecule has 2 N–H and O–H groups in total. The van der Waals surface area contributed by atoms with E-state index in [4.69, 9.17) is 19.6 Å². The van der Waals surface area contributed by atoms with Crippen LogP contribution in [0.4, 0.5) is 4.39 Å². The molecule has 0 spiro atoms. The molecule has 0 amide bonds. The van der Waals surface area contributed by atoms with Gasteiger partial charge in [-0.2, -0.15) is 0 Å². The molecule has 4 heterocycles. The van der Waals surface area contributed by atoms with Crippen molar-refractivity contribution in [1.82, 2.24) is 19.7 Å². The molecule has 0 saturated carbocycles. The van der Waals surface area contributed by atoms with Crippen LogP contribution in [0.1, 0.15) is 6.42 Å². The van der Waals surface area contributed by atoms with Gasteiger partial charge >= 0.3 is 0 Å². The minimum absolute atomic E-state index is 0.0448. The van der Waals surface area contributed by atoms with E-state index < -0.39 is 12.3 Å². The van der Waals surface area contributed by atoms with E-state index in [1.165, 1.54) is 0 Å². The number of para-hydroxylation sites is 1. The summed E-state index contributed by atoms with van der Waals surface area (Å²) in [6, 6.07) is 13.3. The van der Waals surface area contributed by atoms with E-state index in [2.05, 4.69) is 10.3 Å². The fourth-order valence-corrected chi connectivity index (χ4v) is 3.85. The van der Waals surface area contributed by atoms with Crippen molar-refractivity contribution in [3.05, 3.63) is 54.9 Å². The van der Waals surface area contributed by atoms with Gasteiger partial charge in [0.1, 0.15) is 41.5 Å². The van der Waals surface area contributed by atoms with Crippen LogP contribution >= 0.6 is 0 Å². The topological polar surface area (TPSA) is 80.9 Å². The standard InChI is InChI=1S/C23H23FN4O3/c24-17-13-25-8-6-20(17)31-21-3-1-2-15-4-5-18(27-23(15)21)19-14-26-22-12-16(30-11-10-29)7-9-28(19)22/h1-5,7,9,12,14,17,20,25,29H,6,8,10-11,13H2/t17-,20-/m0/s1. The smallest absolute Gasteiger partial charge is 0.149 e. The summed E-state index contributed by atoms with van der Waals surface area (Å²) < 4.78 is 27.7. The number of benzene rings is 1. The van der Waals surface area contributed by atoms with Crippen LogP contribution in [0.15, 0.2) is 54.9 Å². The number of fused-ring (bicyclic) bond motifs is 2. The second kappa shape index (κ2) is 8.49. The number of pyridine rings is 2. The van der Waals surface area contributed by atoms with E-state index in [9.17, 15) is 4.39 Å². The van der Waals surface area contributed by atoms with Gasteiger partial charge in [-0.05, 0) is 31.2 Å². The highest BCUT2D eigenvalue weighted by Crippen LogP contribution is 2.30. The number of aliphatic hydroxyl groups is 1. The highest BCUT2D eigenvalue weighted by Gasteiger charge is 2.27. The summed E-state index contributed by atoms with van der Waals surface area (Å²) in [5.41, 5.74) is 2.98. The van der Waals surface area contributed by atoms with Crippen molar-refractivity contribution in [3.8, 4) is 22.9 Å². The number of aliphatic hydroxyl groups excluding tert-OH is 1. The average molecular weight is 422 g/mol. The molecule has 7 nitrogen and oxygen atoms in total. The molecule has 8 heteroatoms. The maximum atomic E-state index is 14.3. The van der Waals surface area contributed by atoms with Crippen LogP contribution in [0.25, 0.3) is 27.9 Å². The molecule has 5 rings (SSSR count). The number of hydrogen-bond donors (Lipinski definition) is 2. The zero-order valence-corrected chi connectivity index (χ0v) is 16.9. The van der Waals surface area contributed by atoms with Gasteiger partial charge in [0.2, 0.25) is 0 Å². The normalized spacial score (nSPS) is 19.0. The van der Waals surface area contributed by atoms with E-state index >= 15 is 0 Å². The van der Waals surface area contributed by atoms with Gasteiger partial charge in [-0.15, -0.1) is 0 Å². The van der Waals surface area contributed by atoms with E-state index in [0.717, 1.165) is 23.3 Å². The van der Waals surface area contributed by atoms with Gasteiger partial charge in [0, 0.05) is 24.2 Å². The van der Waals surface area contributed by atoms with Crippen LogP contribution < -0.4 is 14.8 Å². The lowest BCUT2D eigenvalue weighted by Crippen LogP contribution is -2.44. The molecule has 4 aromatic rings. The Labute approximate surface area is 178 Å². The Balaban J connectivity index is 1.50. The Morgan fingerprint density at radius 1 is 1.23 bits per heavy atom. The van der Waals surface area contributed by atoms with E-state index in [-0.39, 0.29) is 13.2 Å². The quantitative estimate of drug-likeness (QED) is 0.497. The molecule has 1 aromatic carbocycles. The second-order valence-electron chi connectivity index (χ2n) is 7.50. The van der Waals surface area contributed by atoms with Crippen LogP contribution in [-0.2, 0) is 0 Å². The Hall–Kier alpha value is -3.23. The average Bonchev–Trinajstić information content (AvgIpc) is 3.22. The zero-order valence-electron chi connectivity index (χ0n) is 16.9. The first kappa shape index (κ1) is 19.7.